The molecule has 3 saturated heterocycles. The summed E-state index contributed by atoms with van der Waals surface area (Å²) in [4.78, 5) is 32.5. The van der Waals surface area contributed by atoms with E-state index in [-0.39, 0.29) is 22.8 Å². The molecule has 10 nitrogen and oxygen atoms in total. The lowest BCUT2D eigenvalue weighted by atomic mass is 9.78. The van der Waals surface area contributed by atoms with Crippen molar-refractivity contribution in [2.45, 2.75) is 13.3 Å². The van der Waals surface area contributed by atoms with Crippen molar-refractivity contribution in [3.05, 3.63) is 18.0 Å². The van der Waals surface area contributed by atoms with E-state index in [1.165, 1.54) is 13.1 Å². The van der Waals surface area contributed by atoms with Crippen LogP contribution in [0.25, 0.3) is 11.4 Å². The Kier molecular flexibility index (Phi) is 5.33. The van der Waals surface area contributed by atoms with Gasteiger partial charge in [0.05, 0.1) is 37.4 Å². The molecule has 1 N–H and O–H groups in total. The number of carbonyl (C=O) groups excluding carboxylic acids is 1. The molecule has 2 aromatic heterocycles. The number of anilines is 3. The van der Waals surface area contributed by atoms with E-state index in [4.69, 9.17) is 9.47 Å². The standard InChI is InChI=1S/C20H23F2N7O3/c1-12(30)24-19-23-7-13(16(27-19)17(21)22)18-25-14(28-2-4-31-5-3-28)6-15(26-18)29-8-20(9-29)10-32-11-20/h6-7,17H,2-5,8-11H2,1H3,(H,23,24,27,30). The van der Waals surface area contributed by atoms with Gasteiger partial charge in [-0.3, -0.25) is 10.1 Å². The largest absolute Gasteiger partial charge is 0.380 e. The Hall–Kier alpha value is -2.99. The Morgan fingerprint density at radius 2 is 1.78 bits per heavy atom. The number of aromatic nitrogens is 4. The fraction of sp³-hybridized carbons (Fsp3) is 0.550. The fourth-order valence-electron chi connectivity index (χ4n) is 4.11. The highest BCUT2D eigenvalue weighted by Gasteiger charge is 2.49. The van der Waals surface area contributed by atoms with Gasteiger partial charge in [-0.1, -0.05) is 0 Å². The maximum Gasteiger partial charge on any atom is 0.281 e. The molecule has 1 amide bonds. The molecule has 0 bridgehead atoms. The summed E-state index contributed by atoms with van der Waals surface area (Å²) in [6.07, 6.45) is -1.65. The van der Waals surface area contributed by atoms with Crippen LogP contribution in [-0.4, -0.2) is 78.4 Å². The number of hydrogen-bond acceptors (Lipinski definition) is 9. The minimum Gasteiger partial charge on any atom is -0.380 e. The van der Waals surface area contributed by atoms with E-state index < -0.39 is 18.0 Å². The van der Waals surface area contributed by atoms with Gasteiger partial charge in [-0.2, -0.15) is 0 Å². The highest BCUT2D eigenvalue weighted by Crippen LogP contribution is 2.41. The van der Waals surface area contributed by atoms with Crippen molar-refractivity contribution in [2.24, 2.45) is 5.41 Å². The summed E-state index contributed by atoms with van der Waals surface area (Å²) in [5, 5.41) is 2.33. The van der Waals surface area contributed by atoms with Crippen LogP contribution in [0.1, 0.15) is 19.0 Å². The van der Waals surface area contributed by atoms with Crippen molar-refractivity contribution in [1.82, 2.24) is 19.9 Å². The molecule has 32 heavy (non-hydrogen) atoms. The third kappa shape index (κ3) is 3.95. The molecule has 2 aromatic rings. The monoisotopic (exact) mass is 447 g/mol. The second kappa shape index (κ2) is 8.17. The molecule has 3 aliphatic heterocycles. The van der Waals surface area contributed by atoms with Crippen LogP contribution in [-0.2, 0) is 14.3 Å². The molecular weight excluding hydrogens is 424 g/mol. The first-order valence-corrected chi connectivity index (χ1v) is 10.4. The Bertz CT molecular complexity index is 1020. The molecule has 3 fully saturated rings. The van der Waals surface area contributed by atoms with Gasteiger partial charge in [0.25, 0.3) is 6.43 Å². The molecule has 3 aliphatic rings. The Labute approximate surface area is 183 Å². The second-order valence-corrected chi connectivity index (χ2v) is 8.33. The molecule has 12 heteroatoms. The third-order valence-electron chi connectivity index (χ3n) is 5.78. The topological polar surface area (TPSA) is 106 Å². The fourth-order valence-corrected chi connectivity index (χ4v) is 4.11. The van der Waals surface area contributed by atoms with Crippen LogP contribution in [0, 0.1) is 5.41 Å². The van der Waals surface area contributed by atoms with Crippen molar-refractivity contribution < 1.29 is 23.0 Å². The number of hydrogen-bond donors (Lipinski definition) is 1. The highest BCUT2D eigenvalue weighted by molar-refractivity contribution is 5.86. The maximum absolute atomic E-state index is 13.9. The first kappa shape index (κ1) is 20.9. The smallest absolute Gasteiger partial charge is 0.281 e. The van der Waals surface area contributed by atoms with Crippen molar-refractivity contribution in [3.63, 3.8) is 0 Å². The van der Waals surface area contributed by atoms with E-state index >= 15 is 0 Å². The number of nitrogens with zero attached hydrogens (tertiary/aromatic N) is 6. The third-order valence-corrected chi connectivity index (χ3v) is 5.78. The number of morpholine rings is 1. The average Bonchev–Trinajstić information content (AvgIpc) is 2.71. The lowest BCUT2D eigenvalue weighted by Crippen LogP contribution is -2.66. The summed E-state index contributed by atoms with van der Waals surface area (Å²) in [5.74, 6) is 0.804. The number of nitrogens with one attached hydrogen (secondary N) is 1. The quantitative estimate of drug-likeness (QED) is 0.730. The number of ether oxygens (including phenoxy) is 2. The molecule has 0 aromatic carbocycles. The first-order chi connectivity index (χ1) is 15.4. The molecule has 0 radical (unpaired) electrons. The molecule has 0 saturated carbocycles. The summed E-state index contributed by atoms with van der Waals surface area (Å²) in [5.41, 5.74) is -0.324. The Morgan fingerprint density at radius 3 is 2.38 bits per heavy atom. The molecule has 0 aliphatic carbocycles. The van der Waals surface area contributed by atoms with Crippen LogP contribution in [0.5, 0.6) is 0 Å². The molecule has 0 unspecified atom stereocenters. The summed E-state index contributed by atoms with van der Waals surface area (Å²) in [7, 11) is 0. The van der Waals surface area contributed by atoms with Crippen LogP contribution >= 0.6 is 0 Å². The Morgan fingerprint density at radius 1 is 1.09 bits per heavy atom. The maximum atomic E-state index is 13.9. The number of halogens is 2. The lowest BCUT2D eigenvalue weighted by molar-refractivity contribution is -0.127. The number of rotatable bonds is 5. The van der Waals surface area contributed by atoms with Crippen molar-refractivity contribution in [2.75, 3.05) is 67.7 Å². The molecule has 1 spiro atoms. The van der Waals surface area contributed by atoms with E-state index in [1.54, 1.807) is 0 Å². The van der Waals surface area contributed by atoms with Crippen LogP contribution in [0.4, 0.5) is 26.4 Å². The lowest BCUT2D eigenvalue weighted by Gasteiger charge is -2.55. The summed E-state index contributed by atoms with van der Waals surface area (Å²) >= 11 is 0. The normalized spacial score (nSPS) is 19.6. The van der Waals surface area contributed by atoms with Gasteiger partial charge in [-0.15, -0.1) is 0 Å². The minimum atomic E-state index is -2.89. The van der Waals surface area contributed by atoms with Crippen LogP contribution < -0.4 is 15.1 Å². The number of alkyl halides is 2. The van der Waals surface area contributed by atoms with E-state index in [9.17, 15) is 13.6 Å². The van der Waals surface area contributed by atoms with Gasteiger partial charge in [-0.25, -0.2) is 28.7 Å². The summed E-state index contributed by atoms with van der Waals surface area (Å²) < 4.78 is 38.5. The van der Waals surface area contributed by atoms with Crippen molar-refractivity contribution in [1.29, 1.82) is 0 Å². The zero-order valence-corrected chi connectivity index (χ0v) is 17.6. The SMILES string of the molecule is CC(=O)Nc1ncc(-c2nc(N3CCOCC3)cc(N3CC4(COC4)C3)n2)c(C(F)F)n1. The average molecular weight is 447 g/mol. The first-order valence-electron chi connectivity index (χ1n) is 10.4. The zero-order chi connectivity index (χ0) is 22.3. The van der Waals surface area contributed by atoms with E-state index in [2.05, 4.69) is 35.1 Å². The molecular formula is C20H23F2N7O3. The van der Waals surface area contributed by atoms with Crippen LogP contribution in [0.15, 0.2) is 12.3 Å². The molecule has 5 heterocycles. The number of amides is 1. The predicted octanol–water partition coefficient (Wildman–Crippen LogP) is 1.50. The molecule has 0 atom stereocenters. The van der Waals surface area contributed by atoms with Gasteiger partial charge < -0.3 is 19.3 Å². The van der Waals surface area contributed by atoms with Gasteiger partial charge in [0.2, 0.25) is 11.9 Å². The number of carbonyl (C=O) groups is 1. The second-order valence-electron chi connectivity index (χ2n) is 8.33. The molecule has 5 rings (SSSR count). The Balaban J connectivity index is 1.53. The van der Waals surface area contributed by atoms with E-state index in [0.717, 1.165) is 26.3 Å². The van der Waals surface area contributed by atoms with Crippen molar-refractivity contribution >= 4 is 23.5 Å². The summed E-state index contributed by atoms with van der Waals surface area (Å²) in [6.45, 7) is 6.73. The van der Waals surface area contributed by atoms with Crippen LogP contribution in [0.3, 0.4) is 0 Å². The van der Waals surface area contributed by atoms with Crippen LogP contribution in [0.2, 0.25) is 0 Å². The minimum absolute atomic E-state index is 0.0349. The summed E-state index contributed by atoms with van der Waals surface area (Å²) in [6, 6.07) is 1.88. The van der Waals surface area contributed by atoms with E-state index in [0.29, 0.717) is 37.9 Å². The predicted molar refractivity (Wildman–Crippen MR) is 111 cm³/mol. The van der Waals surface area contributed by atoms with Gasteiger partial charge in [0, 0.05) is 45.4 Å². The van der Waals surface area contributed by atoms with Gasteiger partial charge in [0.15, 0.2) is 5.82 Å². The highest BCUT2D eigenvalue weighted by atomic mass is 19.3. The van der Waals surface area contributed by atoms with Gasteiger partial charge in [-0.05, 0) is 0 Å². The van der Waals surface area contributed by atoms with E-state index in [1.807, 2.05) is 6.07 Å². The van der Waals surface area contributed by atoms with Gasteiger partial charge >= 0.3 is 0 Å². The van der Waals surface area contributed by atoms with Gasteiger partial charge in [0.1, 0.15) is 17.3 Å². The molecule has 170 valence electrons. The zero-order valence-electron chi connectivity index (χ0n) is 17.6. The van der Waals surface area contributed by atoms with Crippen molar-refractivity contribution in [3.8, 4) is 11.4 Å².